The van der Waals surface area contributed by atoms with Crippen molar-refractivity contribution in [3.8, 4) is 5.75 Å². The molecule has 1 aromatic heterocycles. The number of hydrogen-bond donors (Lipinski definition) is 1. The molecule has 1 amide bonds. The van der Waals surface area contributed by atoms with Crippen molar-refractivity contribution in [3.63, 3.8) is 0 Å². The van der Waals surface area contributed by atoms with Crippen LogP contribution >= 0.6 is 0 Å². The van der Waals surface area contributed by atoms with Crippen LogP contribution < -0.4 is 10.1 Å². The lowest BCUT2D eigenvalue weighted by molar-refractivity contribution is -0.121. The molecule has 27 heavy (non-hydrogen) atoms. The molecule has 0 radical (unpaired) electrons. The first kappa shape index (κ1) is 17.8. The first-order valence-corrected chi connectivity index (χ1v) is 9.20. The number of carbonyl (C=O) groups excluding carboxylic acids is 1. The van der Waals surface area contributed by atoms with Crippen molar-refractivity contribution in [1.29, 1.82) is 0 Å². The third-order valence-electron chi connectivity index (χ3n) is 4.84. The number of methoxy groups -OCH3 is 1. The SMILES string of the molecule is COc1cc2c(cc1NC(=O)CN1CC(C)OC(C)C1)oc1ccccc12. The van der Waals surface area contributed by atoms with E-state index in [1.165, 1.54) is 0 Å². The second kappa shape index (κ2) is 7.21. The number of fused-ring (bicyclic) bond motifs is 3. The molecule has 2 aromatic carbocycles. The lowest BCUT2D eigenvalue weighted by Crippen LogP contribution is -2.48. The van der Waals surface area contributed by atoms with Crippen molar-refractivity contribution in [2.45, 2.75) is 26.1 Å². The molecule has 4 rings (SSSR count). The standard InChI is InChI=1S/C21H24N2O4/c1-13-10-23(11-14(2)26-13)12-21(24)22-17-9-19-16(8-20(17)25-3)15-6-4-5-7-18(15)27-19/h4-9,13-14H,10-12H2,1-3H3,(H,22,24). The summed E-state index contributed by atoms with van der Waals surface area (Å²) in [6.07, 6.45) is 0.256. The summed E-state index contributed by atoms with van der Waals surface area (Å²) in [6, 6.07) is 11.6. The molecule has 6 nitrogen and oxygen atoms in total. The fourth-order valence-corrected chi connectivity index (χ4v) is 3.82. The van der Waals surface area contributed by atoms with Gasteiger partial charge in [0.1, 0.15) is 16.9 Å². The normalized spacial score (nSPS) is 20.9. The Hall–Kier alpha value is -2.57. The van der Waals surface area contributed by atoms with E-state index in [4.69, 9.17) is 13.9 Å². The second-order valence-electron chi connectivity index (χ2n) is 7.15. The van der Waals surface area contributed by atoms with Gasteiger partial charge in [-0.05, 0) is 26.0 Å². The zero-order valence-corrected chi connectivity index (χ0v) is 15.8. The molecule has 2 atom stereocenters. The molecule has 1 aliphatic heterocycles. The number of para-hydroxylation sites is 1. The zero-order valence-electron chi connectivity index (χ0n) is 15.8. The molecule has 6 heteroatoms. The Balaban J connectivity index is 1.57. The highest BCUT2D eigenvalue weighted by atomic mass is 16.5. The summed E-state index contributed by atoms with van der Waals surface area (Å²) in [5, 5.41) is 4.97. The van der Waals surface area contributed by atoms with Crippen LogP contribution in [-0.2, 0) is 9.53 Å². The zero-order chi connectivity index (χ0) is 19.0. The Morgan fingerprint density at radius 1 is 1.15 bits per heavy atom. The smallest absolute Gasteiger partial charge is 0.238 e. The maximum Gasteiger partial charge on any atom is 0.238 e. The summed E-state index contributed by atoms with van der Waals surface area (Å²) in [5.74, 6) is 0.538. The Labute approximate surface area is 158 Å². The molecule has 0 saturated carbocycles. The number of ether oxygens (including phenoxy) is 2. The van der Waals surface area contributed by atoms with Crippen molar-refractivity contribution in [2.75, 3.05) is 32.1 Å². The van der Waals surface area contributed by atoms with E-state index in [0.717, 1.165) is 35.0 Å². The van der Waals surface area contributed by atoms with Gasteiger partial charge < -0.3 is 19.2 Å². The van der Waals surface area contributed by atoms with Crippen LogP contribution in [0, 0.1) is 0 Å². The predicted molar refractivity (Wildman–Crippen MR) is 105 cm³/mol. The molecular formula is C21H24N2O4. The average Bonchev–Trinajstić information content (AvgIpc) is 2.97. The monoisotopic (exact) mass is 368 g/mol. The number of amides is 1. The molecule has 142 valence electrons. The van der Waals surface area contributed by atoms with Crippen LogP contribution in [0.15, 0.2) is 40.8 Å². The van der Waals surface area contributed by atoms with Crippen LogP contribution in [0.5, 0.6) is 5.75 Å². The van der Waals surface area contributed by atoms with E-state index in [-0.39, 0.29) is 18.1 Å². The van der Waals surface area contributed by atoms with Gasteiger partial charge in [-0.15, -0.1) is 0 Å². The molecule has 1 fully saturated rings. The van der Waals surface area contributed by atoms with Crippen molar-refractivity contribution >= 4 is 33.5 Å². The number of benzene rings is 2. The fourth-order valence-electron chi connectivity index (χ4n) is 3.82. The van der Waals surface area contributed by atoms with Crippen LogP contribution in [0.4, 0.5) is 5.69 Å². The van der Waals surface area contributed by atoms with E-state index in [1.54, 1.807) is 7.11 Å². The number of nitrogens with one attached hydrogen (secondary N) is 1. The lowest BCUT2D eigenvalue weighted by atomic mass is 10.1. The Morgan fingerprint density at radius 3 is 2.63 bits per heavy atom. The quantitative estimate of drug-likeness (QED) is 0.762. The fraction of sp³-hybridized carbons (Fsp3) is 0.381. The van der Waals surface area contributed by atoms with Gasteiger partial charge in [-0.1, -0.05) is 18.2 Å². The molecular weight excluding hydrogens is 344 g/mol. The van der Waals surface area contributed by atoms with Gasteiger partial charge in [0.2, 0.25) is 5.91 Å². The number of carbonyl (C=O) groups is 1. The van der Waals surface area contributed by atoms with E-state index in [9.17, 15) is 4.79 Å². The Kier molecular flexibility index (Phi) is 4.76. The van der Waals surface area contributed by atoms with Gasteiger partial charge in [0.15, 0.2) is 0 Å². The minimum Gasteiger partial charge on any atom is -0.495 e. The van der Waals surface area contributed by atoms with E-state index < -0.39 is 0 Å². The first-order valence-electron chi connectivity index (χ1n) is 9.20. The van der Waals surface area contributed by atoms with Crippen molar-refractivity contribution in [2.24, 2.45) is 0 Å². The van der Waals surface area contributed by atoms with Crippen LogP contribution in [0.25, 0.3) is 21.9 Å². The van der Waals surface area contributed by atoms with E-state index in [1.807, 2.05) is 50.2 Å². The number of nitrogens with zero attached hydrogens (tertiary/aromatic N) is 1. The highest BCUT2D eigenvalue weighted by Gasteiger charge is 2.24. The Morgan fingerprint density at radius 2 is 1.89 bits per heavy atom. The maximum atomic E-state index is 12.6. The van der Waals surface area contributed by atoms with Crippen LogP contribution in [0.2, 0.25) is 0 Å². The third kappa shape index (κ3) is 3.63. The topological polar surface area (TPSA) is 63.9 Å². The molecule has 1 aliphatic rings. The molecule has 0 aliphatic carbocycles. The molecule has 1 saturated heterocycles. The van der Waals surface area contributed by atoms with Gasteiger partial charge in [0, 0.05) is 29.9 Å². The Bertz CT molecular complexity index is 971. The number of furan rings is 1. The molecule has 0 bridgehead atoms. The van der Waals surface area contributed by atoms with Gasteiger partial charge in [-0.2, -0.15) is 0 Å². The minimum atomic E-state index is -0.0786. The molecule has 2 heterocycles. The van der Waals surface area contributed by atoms with Crippen molar-refractivity contribution in [1.82, 2.24) is 4.90 Å². The number of hydrogen-bond acceptors (Lipinski definition) is 5. The lowest BCUT2D eigenvalue weighted by Gasteiger charge is -2.34. The number of morpholine rings is 1. The van der Waals surface area contributed by atoms with E-state index in [2.05, 4.69) is 10.2 Å². The van der Waals surface area contributed by atoms with E-state index >= 15 is 0 Å². The van der Waals surface area contributed by atoms with Gasteiger partial charge in [-0.25, -0.2) is 0 Å². The summed E-state index contributed by atoms with van der Waals surface area (Å²) < 4.78 is 17.1. The van der Waals surface area contributed by atoms with Gasteiger partial charge in [0.25, 0.3) is 0 Å². The second-order valence-corrected chi connectivity index (χ2v) is 7.15. The highest BCUT2D eigenvalue weighted by molar-refractivity contribution is 6.07. The average molecular weight is 368 g/mol. The van der Waals surface area contributed by atoms with Gasteiger partial charge in [-0.3, -0.25) is 9.69 Å². The van der Waals surface area contributed by atoms with Gasteiger partial charge in [0.05, 0.1) is 31.5 Å². The van der Waals surface area contributed by atoms with Crippen molar-refractivity contribution in [3.05, 3.63) is 36.4 Å². The molecule has 0 spiro atoms. The summed E-state index contributed by atoms with van der Waals surface area (Å²) in [6.45, 7) is 5.87. The van der Waals surface area contributed by atoms with E-state index in [0.29, 0.717) is 18.0 Å². The largest absolute Gasteiger partial charge is 0.495 e. The third-order valence-corrected chi connectivity index (χ3v) is 4.84. The summed E-state index contributed by atoms with van der Waals surface area (Å²) in [7, 11) is 1.60. The van der Waals surface area contributed by atoms with Gasteiger partial charge >= 0.3 is 0 Å². The summed E-state index contributed by atoms with van der Waals surface area (Å²) in [5.41, 5.74) is 2.15. The maximum absolute atomic E-state index is 12.6. The van der Waals surface area contributed by atoms with Crippen LogP contribution in [-0.4, -0.2) is 49.8 Å². The summed E-state index contributed by atoms with van der Waals surface area (Å²) >= 11 is 0. The van der Waals surface area contributed by atoms with Crippen molar-refractivity contribution < 1.29 is 18.7 Å². The first-order chi connectivity index (χ1) is 13.0. The predicted octanol–water partition coefficient (Wildman–Crippen LogP) is 3.64. The number of rotatable bonds is 4. The summed E-state index contributed by atoms with van der Waals surface area (Å²) in [4.78, 5) is 14.7. The molecule has 2 unspecified atom stereocenters. The molecule has 1 N–H and O–H groups in total. The van der Waals surface area contributed by atoms with Crippen LogP contribution in [0.1, 0.15) is 13.8 Å². The number of anilines is 1. The highest BCUT2D eigenvalue weighted by Crippen LogP contribution is 2.36. The minimum absolute atomic E-state index is 0.0786. The molecule has 3 aromatic rings. The van der Waals surface area contributed by atoms with Crippen LogP contribution in [0.3, 0.4) is 0 Å².